The summed E-state index contributed by atoms with van der Waals surface area (Å²) in [6.45, 7) is 1.23. The maximum absolute atomic E-state index is 11.9. The van der Waals surface area contributed by atoms with Gasteiger partial charge in [0.15, 0.2) is 0 Å². The number of hydrogen-bond donors (Lipinski definition) is 1. The van der Waals surface area contributed by atoms with Gasteiger partial charge in [0.2, 0.25) is 0 Å². The minimum Gasteiger partial charge on any atom is -0.336 e. The molecule has 0 unspecified atom stereocenters. The van der Waals surface area contributed by atoms with Crippen LogP contribution in [-0.2, 0) is 4.84 Å². The summed E-state index contributed by atoms with van der Waals surface area (Å²) in [7, 11) is 2.97. The lowest BCUT2D eigenvalue weighted by molar-refractivity contribution is -0.0756. The first-order chi connectivity index (χ1) is 8.63. The van der Waals surface area contributed by atoms with Crippen molar-refractivity contribution < 1.29 is 14.4 Å². The third kappa shape index (κ3) is 2.28. The number of nitrogens with zero attached hydrogens (tertiary/aromatic N) is 2. The number of anilines is 1. The van der Waals surface area contributed by atoms with E-state index in [0.29, 0.717) is 24.3 Å². The van der Waals surface area contributed by atoms with Gasteiger partial charge >= 0.3 is 6.03 Å². The highest BCUT2D eigenvalue weighted by atomic mass is 16.7. The van der Waals surface area contributed by atoms with Crippen molar-refractivity contribution in [3.8, 4) is 0 Å². The average Bonchev–Trinajstić information content (AvgIpc) is 2.83. The van der Waals surface area contributed by atoms with Gasteiger partial charge in [-0.2, -0.15) is 0 Å². The van der Waals surface area contributed by atoms with Crippen LogP contribution in [0.1, 0.15) is 10.4 Å². The van der Waals surface area contributed by atoms with E-state index in [0.717, 1.165) is 5.06 Å². The van der Waals surface area contributed by atoms with Crippen LogP contribution in [0.5, 0.6) is 0 Å². The van der Waals surface area contributed by atoms with Crippen molar-refractivity contribution in [2.24, 2.45) is 0 Å². The Morgan fingerprint density at radius 3 is 2.89 bits per heavy atom. The zero-order chi connectivity index (χ0) is 13.1. The number of carbonyl (C=O) groups excluding carboxylic acids is 2. The largest absolute Gasteiger partial charge is 0.336 e. The van der Waals surface area contributed by atoms with Gasteiger partial charge in [0.25, 0.3) is 5.91 Å². The smallest absolute Gasteiger partial charge is 0.321 e. The summed E-state index contributed by atoms with van der Waals surface area (Å²) >= 11 is 0. The molecule has 0 atom stereocenters. The second-order valence-electron chi connectivity index (χ2n) is 3.92. The summed E-state index contributed by atoms with van der Waals surface area (Å²) in [6, 6.07) is 6.78. The SMILES string of the molecule is CON(C)C(=O)c1cccc(N2CCNC2=O)c1. The van der Waals surface area contributed by atoms with Crippen LogP contribution in [0.3, 0.4) is 0 Å². The molecule has 1 aromatic carbocycles. The first-order valence-electron chi connectivity index (χ1n) is 5.61. The standard InChI is InChI=1S/C12H15N3O3/c1-14(18-2)11(16)9-4-3-5-10(8-9)15-7-6-13-12(15)17/h3-5,8H,6-7H2,1-2H3,(H,13,17). The normalized spacial score (nSPS) is 14.6. The molecule has 18 heavy (non-hydrogen) atoms. The number of carbonyl (C=O) groups is 2. The molecule has 1 aliphatic rings. The highest BCUT2D eigenvalue weighted by molar-refractivity contribution is 5.98. The van der Waals surface area contributed by atoms with Crippen LogP contribution in [0.25, 0.3) is 0 Å². The number of rotatable bonds is 3. The molecule has 1 N–H and O–H groups in total. The monoisotopic (exact) mass is 249 g/mol. The van der Waals surface area contributed by atoms with Gasteiger partial charge < -0.3 is 5.32 Å². The van der Waals surface area contributed by atoms with E-state index in [1.807, 2.05) is 0 Å². The lowest BCUT2D eigenvalue weighted by Crippen LogP contribution is -2.29. The molecule has 0 saturated carbocycles. The van der Waals surface area contributed by atoms with Crippen LogP contribution >= 0.6 is 0 Å². The number of hydrogen-bond acceptors (Lipinski definition) is 3. The van der Waals surface area contributed by atoms with Crippen LogP contribution in [0.15, 0.2) is 24.3 Å². The quantitative estimate of drug-likeness (QED) is 0.808. The Labute approximate surface area is 105 Å². The second-order valence-corrected chi connectivity index (χ2v) is 3.92. The second kappa shape index (κ2) is 5.05. The van der Waals surface area contributed by atoms with E-state index >= 15 is 0 Å². The maximum atomic E-state index is 11.9. The third-order valence-electron chi connectivity index (χ3n) is 2.82. The van der Waals surface area contributed by atoms with E-state index in [9.17, 15) is 9.59 Å². The molecule has 0 aliphatic carbocycles. The molecule has 0 bridgehead atoms. The summed E-state index contributed by atoms with van der Waals surface area (Å²) in [6.07, 6.45) is 0. The van der Waals surface area contributed by atoms with Gasteiger partial charge in [-0.05, 0) is 18.2 Å². The Bertz CT molecular complexity index is 475. The molecular formula is C12H15N3O3. The molecule has 96 valence electrons. The molecule has 1 heterocycles. The summed E-state index contributed by atoms with van der Waals surface area (Å²) in [5, 5.41) is 3.86. The van der Waals surface area contributed by atoms with Crippen LogP contribution < -0.4 is 10.2 Å². The molecule has 0 aromatic heterocycles. The van der Waals surface area contributed by atoms with E-state index in [1.54, 1.807) is 29.2 Å². The zero-order valence-corrected chi connectivity index (χ0v) is 10.3. The van der Waals surface area contributed by atoms with Crippen LogP contribution in [0, 0.1) is 0 Å². The minimum absolute atomic E-state index is 0.139. The van der Waals surface area contributed by atoms with Crippen molar-refractivity contribution in [2.45, 2.75) is 0 Å². The molecule has 0 spiro atoms. The Morgan fingerprint density at radius 2 is 2.28 bits per heavy atom. The highest BCUT2D eigenvalue weighted by Crippen LogP contribution is 2.18. The Hall–Kier alpha value is -2.08. The van der Waals surface area contributed by atoms with Gasteiger partial charge in [-0.15, -0.1) is 0 Å². The number of nitrogens with one attached hydrogen (secondary N) is 1. The fraction of sp³-hybridized carbons (Fsp3) is 0.333. The van der Waals surface area contributed by atoms with Crippen molar-refractivity contribution in [3.05, 3.63) is 29.8 Å². The molecule has 0 radical (unpaired) electrons. The number of hydroxylamine groups is 2. The highest BCUT2D eigenvalue weighted by Gasteiger charge is 2.22. The molecular weight excluding hydrogens is 234 g/mol. The van der Waals surface area contributed by atoms with E-state index in [2.05, 4.69) is 5.32 Å². The Balaban J connectivity index is 2.25. The number of benzene rings is 1. The van der Waals surface area contributed by atoms with Gasteiger partial charge in [0, 0.05) is 31.4 Å². The van der Waals surface area contributed by atoms with E-state index < -0.39 is 0 Å². The minimum atomic E-state index is -0.251. The van der Waals surface area contributed by atoms with Gasteiger partial charge in [0.1, 0.15) is 0 Å². The van der Waals surface area contributed by atoms with Crippen molar-refractivity contribution in [1.29, 1.82) is 0 Å². The van der Waals surface area contributed by atoms with E-state index in [1.165, 1.54) is 14.2 Å². The molecule has 6 nitrogen and oxygen atoms in total. The van der Waals surface area contributed by atoms with Crippen LogP contribution in [0.2, 0.25) is 0 Å². The Kier molecular flexibility index (Phi) is 3.47. The predicted octanol–water partition coefficient (Wildman–Crippen LogP) is 0.850. The lowest BCUT2D eigenvalue weighted by atomic mass is 10.2. The van der Waals surface area contributed by atoms with Gasteiger partial charge in [-0.25, -0.2) is 9.86 Å². The number of urea groups is 1. The van der Waals surface area contributed by atoms with E-state index in [-0.39, 0.29) is 11.9 Å². The van der Waals surface area contributed by atoms with Gasteiger partial charge in [-0.3, -0.25) is 14.5 Å². The Morgan fingerprint density at radius 1 is 1.50 bits per heavy atom. The van der Waals surface area contributed by atoms with Crippen molar-refractivity contribution in [3.63, 3.8) is 0 Å². The summed E-state index contributed by atoms with van der Waals surface area (Å²) in [5.74, 6) is -0.251. The predicted molar refractivity (Wildman–Crippen MR) is 66.3 cm³/mol. The summed E-state index contributed by atoms with van der Waals surface area (Å²) < 4.78 is 0. The van der Waals surface area contributed by atoms with Crippen molar-refractivity contribution >= 4 is 17.6 Å². The van der Waals surface area contributed by atoms with E-state index in [4.69, 9.17) is 4.84 Å². The molecule has 6 heteroatoms. The summed E-state index contributed by atoms with van der Waals surface area (Å²) in [5.41, 5.74) is 1.19. The number of amides is 3. The van der Waals surface area contributed by atoms with Gasteiger partial charge in [-0.1, -0.05) is 6.07 Å². The van der Waals surface area contributed by atoms with Crippen molar-refractivity contribution in [1.82, 2.24) is 10.4 Å². The van der Waals surface area contributed by atoms with Gasteiger partial charge in [0.05, 0.1) is 7.11 Å². The molecule has 1 saturated heterocycles. The van der Waals surface area contributed by atoms with Crippen LogP contribution in [-0.4, -0.2) is 44.2 Å². The third-order valence-corrected chi connectivity index (χ3v) is 2.82. The fourth-order valence-corrected chi connectivity index (χ4v) is 1.79. The van der Waals surface area contributed by atoms with Crippen LogP contribution in [0.4, 0.5) is 10.5 Å². The molecule has 1 aromatic rings. The molecule has 1 fully saturated rings. The molecule has 2 rings (SSSR count). The topological polar surface area (TPSA) is 61.9 Å². The lowest BCUT2D eigenvalue weighted by Gasteiger charge is -2.17. The summed E-state index contributed by atoms with van der Waals surface area (Å²) in [4.78, 5) is 29.9. The first-order valence-corrected chi connectivity index (χ1v) is 5.61. The first kappa shape index (κ1) is 12.4. The maximum Gasteiger partial charge on any atom is 0.321 e. The zero-order valence-electron chi connectivity index (χ0n) is 10.3. The average molecular weight is 249 g/mol. The fourth-order valence-electron chi connectivity index (χ4n) is 1.79. The van der Waals surface area contributed by atoms with Crippen molar-refractivity contribution in [2.75, 3.05) is 32.1 Å². The molecule has 1 aliphatic heterocycles. The molecule has 3 amide bonds.